The summed E-state index contributed by atoms with van der Waals surface area (Å²) in [6.45, 7) is 3.64. The topological polar surface area (TPSA) is 26.0 Å². The Hall–Kier alpha value is -1.55. The fourth-order valence-corrected chi connectivity index (χ4v) is 1.82. The van der Waals surface area contributed by atoms with E-state index in [9.17, 15) is 13.2 Å². The van der Waals surface area contributed by atoms with Crippen molar-refractivity contribution in [2.24, 2.45) is 5.73 Å². The van der Waals surface area contributed by atoms with Crippen molar-refractivity contribution >= 4 is 10.8 Å². The van der Waals surface area contributed by atoms with E-state index in [0.29, 0.717) is 5.39 Å². The summed E-state index contributed by atoms with van der Waals surface area (Å²) in [5, 5.41) is 1.33. The highest BCUT2D eigenvalue weighted by Gasteiger charge is 2.30. The molecule has 0 aliphatic heterocycles. The van der Waals surface area contributed by atoms with Gasteiger partial charge in [0.05, 0.1) is 5.56 Å². The summed E-state index contributed by atoms with van der Waals surface area (Å²) < 4.78 is 37.9. The van der Waals surface area contributed by atoms with E-state index in [1.54, 1.807) is 12.1 Å². The third-order valence-corrected chi connectivity index (χ3v) is 2.91. The van der Waals surface area contributed by atoms with Crippen LogP contribution in [0.3, 0.4) is 0 Å². The van der Waals surface area contributed by atoms with E-state index in [4.69, 9.17) is 5.73 Å². The molecule has 2 aromatic carbocycles. The lowest BCUT2D eigenvalue weighted by atomic mass is 9.93. The van der Waals surface area contributed by atoms with Gasteiger partial charge in [-0.05, 0) is 48.4 Å². The Morgan fingerprint density at radius 2 is 1.33 bits per heavy atom. The number of halogens is 3. The zero-order valence-corrected chi connectivity index (χ0v) is 10.2. The first-order valence-electron chi connectivity index (χ1n) is 5.58. The van der Waals surface area contributed by atoms with Crippen LogP contribution in [0.5, 0.6) is 0 Å². The minimum atomic E-state index is -4.32. The molecule has 0 heterocycles. The van der Waals surface area contributed by atoms with Gasteiger partial charge in [0.25, 0.3) is 0 Å². The van der Waals surface area contributed by atoms with Gasteiger partial charge in [-0.1, -0.05) is 18.2 Å². The number of rotatable bonds is 1. The Labute approximate surface area is 103 Å². The fraction of sp³-hybridized carbons (Fsp3) is 0.286. The van der Waals surface area contributed by atoms with Crippen molar-refractivity contribution in [3.63, 3.8) is 0 Å². The molecule has 0 atom stereocenters. The standard InChI is InChI=1S/C14H14F3N/c1-13(2,18)11-5-3-9-4-6-12(14(15,16)17)8-10(9)7-11/h3-8H,18H2,1-2H3. The molecule has 2 aromatic rings. The van der Waals surface area contributed by atoms with Gasteiger partial charge in [-0.15, -0.1) is 0 Å². The SMILES string of the molecule is CC(C)(N)c1ccc2ccc(C(F)(F)F)cc2c1. The molecule has 1 nitrogen and oxygen atoms in total. The highest BCUT2D eigenvalue weighted by molar-refractivity contribution is 5.84. The maximum absolute atomic E-state index is 12.6. The first-order valence-corrected chi connectivity index (χ1v) is 5.58. The van der Waals surface area contributed by atoms with Crippen LogP contribution in [0.25, 0.3) is 10.8 Å². The Bertz CT molecular complexity index is 531. The van der Waals surface area contributed by atoms with E-state index in [2.05, 4.69) is 0 Å². The van der Waals surface area contributed by atoms with Gasteiger partial charge in [0.2, 0.25) is 0 Å². The van der Waals surface area contributed by atoms with Crippen LogP contribution in [0, 0.1) is 0 Å². The van der Waals surface area contributed by atoms with Crippen molar-refractivity contribution in [1.29, 1.82) is 0 Å². The minimum Gasteiger partial charge on any atom is -0.322 e. The number of hydrogen-bond acceptors (Lipinski definition) is 1. The van der Waals surface area contributed by atoms with E-state index < -0.39 is 17.3 Å². The summed E-state index contributed by atoms with van der Waals surface area (Å²) in [6.07, 6.45) is -4.32. The Morgan fingerprint density at radius 1 is 0.833 bits per heavy atom. The molecule has 0 aromatic heterocycles. The Morgan fingerprint density at radius 3 is 1.83 bits per heavy atom. The maximum Gasteiger partial charge on any atom is 0.416 e. The zero-order chi connectivity index (χ0) is 13.6. The number of alkyl halides is 3. The zero-order valence-electron chi connectivity index (χ0n) is 10.2. The molecule has 96 valence electrons. The van der Waals surface area contributed by atoms with E-state index in [-0.39, 0.29) is 0 Å². The summed E-state index contributed by atoms with van der Waals surface area (Å²) >= 11 is 0. The molecule has 0 saturated carbocycles. The van der Waals surface area contributed by atoms with Crippen molar-refractivity contribution < 1.29 is 13.2 Å². The fourth-order valence-electron chi connectivity index (χ4n) is 1.82. The second-order valence-electron chi connectivity index (χ2n) is 5.00. The lowest BCUT2D eigenvalue weighted by molar-refractivity contribution is -0.137. The van der Waals surface area contributed by atoms with Gasteiger partial charge in [0.15, 0.2) is 0 Å². The molecule has 0 radical (unpaired) electrons. The Balaban J connectivity index is 2.61. The van der Waals surface area contributed by atoms with Crippen LogP contribution in [-0.4, -0.2) is 0 Å². The molecule has 18 heavy (non-hydrogen) atoms. The lowest BCUT2D eigenvalue weighted by Gasteiger charge is -2.19. The molecular formula is C14H14F3N. The highest BCUT2D eigenvalue weighted by Crippen LogP contribution is 2.32. The molecule has 2 rings (SSSR count). The normalized spacial score (nSPS) is 13.0. The predicted octanol–water partition coefficient (Wildman–Crippen LogP) is 4.05. The summed E-state index contributed by atoms with van der Waals surface area (Å²) in [5.74, 6) is 0. The molecule has 0 fully saturated rings. The second kappa shape index (κ2) is 3.99. The molecule has 2 N–H and O–H groups in total. The molecule has 0 bridgehead atoms. The third-order valence-electron chi connectivity index (χ3n) is 2.91. The van der Waals surface area contributed by atoms with Gasteiger partial charge >= 0.3 is 6.18 Å². The smallest absolute Gasteiger partial charge is 0.322 e. The number of nitrogens with two attached hydrogens (primary N) is 1. The van der Waals surface area contributed by atoms with Crippen LogP contribution in [0.4, 0.5) is 13.2 Å². The average Bonchev–Trinajstić information content (AvgIpc) is 2.25. The van der Waals surface area contributed by atoms with Crippen LogP contribution >= 0.6 is 0 Å². The van der Waals surface area contributed by atoms with Crippen LogP contribution < -0.4 is 5.73 Å². The van der Waals surface area contributed by atoms with E-state index in [1.807, 2.05) is 19.9 Å². The number of fused-ring (bicyclic) bond motifs is 1. The first kappa shape index (κ1) is 12.9. The molecule has 0 amide bonds. The number of benzene rings is 2. The molecule has 0 spiro atoms. The van der Waals surface area contributed by atoms with Gasteiger partial charge < -0.3 is 5.73 Å². The van der Waals surface area contributed by atoms with Crippen molar-refractivity contribution in [1.82, 2.24) is 0 Å². The molecule has 4 heteroatoms. The summed E-state index contributed by atoms with van der Waals surface area (Å²) in [5.41, 5.74) is 5.56. The van der Waals surface area contributed by atoms with E-state index >= 15 is 0 Å². The summed E-state index contributed by atoms with van der Waals surface area (Å²) in [6, 6.07) is 9.07. The monoisotopic (exact) mass is 253 g/mol. The molecule has 0 aliphatic carbocycles. The van der Waals surface area contributed by atoms with Gasteiger partial charge in [0, 0.05) is 5.54 Å². The molecule has 0 aliphatic rings. The van der Waals surface area contributed by atoms with Crippen LogP contribution in [-0.2, 0) is 11.7 Å². The van der Waals surface area contributed by atoms with Gasteiger partial charge in [-0.25, -0.2) is 0 Å². The average molecular weight is 253 g/mol. The second-order valence-corrected chi connectivity index (χ2v) is 5.00. The van der Waals surface area contributed by atoms with Crippen LogP contribution in [0.15, 0.2) is 36.4 Å². The summed E-state index contributed by atoms with van der Waals surface area (Å²) in [7, 11) is 0. The van der Waals surface area contributed by atoms with Crippen molar-refractivity contribution in [3.05, 3.63) is 47.5 Å². The van der Waals surface area contributed by atoms with Crippen LogP contribution in [0.2, 0.25) is 0 Å². The maximum atomic E-state index is 12.6. The van der Waals surface area contributed by atoms with Crippen LogP contribution in [0.1, 0.15) is 25.0 Å². The van der Waals surface area contributed by atoms with Gasteiger partial charge in [-0.2, -0.15) is 13.2 Å². The van der Waals surface area contributed by atoms with Crippen molar-refractivity contribution in [2.45, 2.75) is 25.6 Å². The minimum absolute atomic E-state index is 0.556. The quantitative estimate of drug-likeness (QED) is 0.815. The highest BCUT2D eigenvalue weighted by atomic mass is 19.4. The van der Waals surface area contributed by atoms with Crippen molar-refractivity contribution in [2.75, 3.05) is 0 Å². The van der Waals surface area contributed by atoms with Gasteiger partial charge in [0.1, 0.15) is 0 Å². The molecule has 0 unspecified atom stereocenters. The Kier molecular flexibility index (Phi) is 2.86. The molecular weight excluding hydrogens is 239 g/mol. The predicted molar refractivity (Wildman–Crippen MR) is 66.2 cm³/mol. The largest absolute Gasteiger partial charge is 0.416 e. The van der Waals surface area contributed by atoms with E-state index in [0.717, 1.165) is 23.1 Å². The van der Waals surface area contributed by atoms with E-state index in [1.165, 1.54) is 6.07 Å². The third kappa shape index (κ3) is 2.48. The summed E-state index contributed by atoms with van der Waals surface area (Å²) in [4.78, 5) is 0. The lowest BCUT2D eigenvalue weighted by Crippen LogP contribution is -2.28. The number of hydrogen-bond donors (Lipinski definition) is 1. The van der Waals surface area contributed by atoms with Gasteiger partial charge in [-0.3, -0.25) is 0 Å². The first-order chi connectivity index (χ1) is 8.18. The molecule has 0 saturated heterocycles. The van der Waals surface area contributed by atoms with Crippen molar-refractivity contribution in [3.8, 4) is 0 Å².